The second-order valence-corrected chi connectivity index (χ2v) is 5.58. The molecule has 1 amide bonds. The number of nitrogens with zero attached hydrogens (tertiary/aromatic N) is 1. The van der Waals surface area contributed by atoms with Crippen LogP contribution in [0.5, 0.6) is 0 Å². The van der Waals surface area contributed by atoms with Gasteiger partial charge >= 0.3 is 0 Å². The molecule has 0 saturated carbocycles. The van der Waals surface area contributed by atoms with Crippen LogP contribution in [-0.2, 0) is 13.1 Å². The molecule has 2 rings (SSSR count). The molecule has 0 aliphatic carbocycles. The van der Waals surface area contributed by atoms with E-state index in [1.165, 1.54) is 5.56 Å². The van der Waals surface area contributed by atoms with Gasteiger partial charge in [0, 0.05) is 19.3 Å². The molecule has 4 nitrogen and oxygen atoms in total. The predicted molar refractivity (Wildman–Crippen MR) is 90.0 cm³/mol. The Kier molecular flexibility index (Phi) is 6.04. The maximum atomic E-state index is 12.1. The molecule has 5 heteroatoms. The number of halogens is 1. The molecule has 2 N–H and O–H groups in total. The zero-order valence-electron chi connectivity index (χ0n) is 13.0. The highest BCUT2D eigenvalue weighted by Gasteiger charge is 2.10. The van der Waals surface area contributed by atoms with Crippen molar-refractivity contribution < 1.29 is 4.79 Å². The smallest absolute Gasteiger partial charge is 0.268 e. The van der Waals surface area contributed by atoms with Crippen LogP contribution in [-0.4, -0.2) is 28.9 Å². The number of benzene rings is 1. The van der Waals surface area contributed by atoms with Gasteiger partial charge in [-0.15, -0.1) is 0 Å². The van der Waals surface area contributed by atoms with Gasteiger partial charge in [0.2, 0.25) is 0 Å². The van der Waals surface area contributed by atoms with Crippen molar-refractivity contribution in [3.63, 3.8) is 0 Å². The van der Waals surface area contributed by atoms with E-state index in [-0.39, 0.29) is 5.91 Å². The third kappa shape index (κ3) is 4.36. The highest BCUT2D eigenvalue weighted by molar-refractivity contribution is 6.30. The van der Waals surface area contributed by atoms with Crippen molar-refractivity contribution in [2.75, 3.05) is 13.1 Å². The Hall–Kier alpha value is -1.78. The summed E-state index contributed by atoms with van der Waals surface area (Å²) in [5.41, 5.74) is 2.86. The van der Waals surface area contributed by atoms with Crippen molar-refractivity contribution in [1.82, 2.24) is 15.2 Å². The van der Waals surface area contributed by atoms with Gasteiger partial charge in [-0.2, -0.15) is 0 Å². The van der Waals surface area contributed by atoms with Crippen molar-refractivity contribution in [1.29, 1.82) is 0 Å². The molecule has 118 valence electrons. The average Bonchev–Trinajstić information content (AvgIpc) is 2.97. The molecule has 0 aliphatic rings. The minimum atomic E-state index is -0.149. The largest absolute Gasteiger partial charge is 0.356 e. The lowest BCUT2D eigenvalue weighted by atomic mass is 10.1. The van der Waals surface area contributed by atoms with E-state index in [4.69, 9.17) is 11.6 Å². The molecule has 0 unspecified atom stereocenters. The van der Waals surface area contributed by atoms with E-state index in [1.807, 2.05) is 12.1 Å². The van der Waals surface area contributed by atoms with Gasteiger partial charge in [0.05, 0.1) is 5.02 Å². The van der Waals surface area contributed by atoms with Crippen LogP contribution in [0.4, 0.5) is 0 Å². The van der Waals surface area contributed by atoms with Gasteiger partial charge in [-0.05, 0) is 30.3 Å². The Morgan fingerprint density at radius 2 is 1.91 bits per heavy atom. The molecule has 1 aromatic heterocycles. The molecule has 1 aromatic carbocycles. The minimum Gasteiger partial charge on any atom is -0.356 e. The van der Waals surface area contributed by atoms with E-state index >= 15 is 0 Å². The van der Waals surface area contributed by atoms with E-state index in [0.29, 0.717) is 17.3 Å². The molecule has 0 bridgehead atoms. The Morgan fingerprint density at radius 1 is 1.23 bits per heavy atom. The summed E-state index contributed by atoms with van der Waals surface area (Å²) in [6.45, 7) is 7.74. The van der Waals surface area contributed by atoms with Crippen LogP contribution in [0.25, 0.3) is 0 Å². The van der Waals surface area contributed by atoms with Crippen molar-refractivity contribution in [3.8, 4) is 0 Å². The first-order valence-corrected chi connectivity index (χ1v) is 7.93. The standard InChI is InChI=1S/C17H22ClN3O/c1-3-21(4-2)12-14-8-6-5-7-13(14)10-20-17(22)16-9-15(18)11-19-16/h5-9,11,19H,3-4,10,12H2,1-2H3,(H,20,22). The SMILES string of the molecule is CCN(CC)Cc1ccccc1CNC(=O)c1cc(Cl)c[nH]1. The third-order valence-corrected chi connectivity index (χ3v) is 3.96. The summed E-state index contributed by atoms with van der Waals surface area (Å²) in [6.07, 6.45) is 1.60. The maximum Gasteiger partial charge on any atom is 0.268 e. The molecular formula is C17H22ClN3O. The normalized spacial score (nSPS) is 10.9. The highest BCUT2D eigenvalue weighted by atomic mass is 35.5. The van der Waals surface area contributed by atoms with Crippen LogP contribution in [0.2, 0.25) is 5.02 Å². The van der Waals surface area contributed by atoms with E-state index < -0.39 is 0 Å². The topological polar surface area (TPSA) is 48.1 Å². The molecule has 22 heavy (non-hydrogen) atoms. The molecule has 0 saturated heterocycles. The molecule has 0 atom stereocenters. The number of H-pyrrole nitrogens is 1. The first kappa shape index (κ1) is 16.6. The van der Waals surface area contributed by atoms with Gasteiger partial charge in [0.1, 0.15) is 5.69 Å². The van der Waals surface area contributed by atoms with Crippen molar-refractivity contribution in [2.45, 2.75) is 26.9 Å². The Balaban J connectivity index is 2.02. The number of hydrogen-bond acceptors (Lipinski definition) is 2. The number of nitrogens with one attached hydrogen (secondary N) is 2. The summed E-state index contributed by atoms with van der Waals surface area (Å²) in [5, 5.41) is 3.47. The van der Waals surface area contributed by atoms with Gasteiger partial charge < -0.3 is 10.3 Å². The van der Waals surface area contributed by atoms with Gasteiger partial charge in [0.25, 0.3) is 5.91 Å². The summed E-state index contributed by atoms with van der Waals surface area (Å²) in [7, 11) is 0. The van der Waals surface area contributed by atoms with E-state index in [1.54, 1.807) is 12.3 Å². The summed E-state index contributed by atoms with van der Waals surface area (Å²) in [4.78, 5) is 17.3. The lowest BCUT2D eigenvalue weighted by Crippen LogP contribution is -2.26. The zero-order valence-corrected chi connectivity index (χ0v) is 13.8. The second-order valence-electron chi connectivity index (χ2n) is 5.14. The summed E-state index contributed by atoms with van der Waals surface area (Å²) >= 11 is 5.82. The Morgan fingerprint density at radius 3 is 2.50 bits per heavy atom. The van der Waals surface area contributed by atoms with Gasteiger partial charge in [-0.25, -0.2) is 0 Å². The van der Waals surface area contributed by atoms with Gasteiger partial charge in [-0.3, -0.25) is 9.69 Å². The first-order chi connectivity index (χ1) is 10.6. The maximum absolute atomic E-state index is 12.1. The minimum absolute atomic E-state index is 0.149. The summed E-state index contributed by atoms with van der Waals surface area (Å²) in [5.74, 6) is -0.149. The van der Waals surface area contributed by atoms with E-state index in [9.17, 15) is 4.79 Å². The first-order valence-electron chi connectivity index (χ1n) is 7.55. The fourth-order valence-electron chi connectivity index (χ4n) is 2.34. The Labute approximate surface area is 136 Å². The average molecular weight is 320 g/mol. The third-order valence-electron chi connectivity index (χ3n) is 3.74. The number of hydrogen-bond donors (Lipinski definition) is 2. The predicted octanol–water partition coefficient (Wildman–Crippen LogP) is 3.44. The molecular weight excluding hydrogens is 298 g/mol. The zero-order chi connectivity index (χ0) is 15.9. The van der Waals surface area contributed by atoms with Gasteiger partial charge in [0.15, 0.2) is 0 Å². The van der Waals surface area contributed by atoms with Crippen molar-refractivity contribution in [3.05, 3.63) is 58.4 Å². The molecule has 0 aliphatic heterocycles. The van der Waals surface area contributed by atoms with Crippen LogP contribution in [0, 0.1) is 0 Å². The highest BCUT2D eigenvalue weighted by Crippen LogP contribution is 2.13. The number of aromatic nitrogens is 1. The van der Waals surface area contributed by atoms with Crippen LogP contribution >= 0.6 is 11.6 Å². The lowest BCUT2D eigenvalue weighted by molar-refractivity contribution is 0.0946. The van der Waals surface area contributed by atoms with Crippen LogP contribution < -0.4 is 5.32 Å². The number of aromatic amines is 1. The second kappa shape index (κ2) is 8.01. The van der Waals surface area contributed by atoms with Crippen LogP contribution in [0.3, 0.4) is 0 Å². The molecule has 0 radical (unpaired) electrons. The fourth-order valence-corrected chi connectivity index (χ4v) is 2.51. The number of carbonyl (C=O) groups is 1. The fraction of sp³-hybridized carbons (Fsp3) is 0.353. The van der Waals surface area contributed by atoms with Gasteiger partial charge in [-0.1, -0.05) is 49.7 Å². The monoisotopic (exact) mass is 319 g/mol. The molecule has 0 fully saturated rings. The molecule has 0 spiro atoms. The molecule has 1 heterocycles. The Bertz CT molecular complexity index is 620. The summed E-state index contributed by atoms with van der Waals surface area (Å²) < 4.78 is 0. The lowest BCUT2D eigenvalue weighted by Gasteiger charge is -2.20. The van der Waals surface area contributed by atoms with Crippen LogP contribution in [0.15, 0.2) is 36.5 Å². The van der Waals surface area contributed by atoms with Crippen LogP contribution in [0.1, 0.15) is 35.5 Å². The van der Waals surface area contributed by atoms with E-state index in [0.717, 1.165) is 25.2 Å². The number of rotatable bonds is 7. The number of amides is 1. The molecule has 2 aromatic rings. The van der Waals surface area contributed by atoms with Crippen molar-refractivity contribution in [2.24, 2.45) is 0 Å². The number of carbonyl (C=O) groups excluding carboxylic acids is 1. The van der Waals surface area contributed by atoms with Crippen molar-refractivity contribution >= 4 is 17.5 Å². The summed E-state index contributed by atoms with van der Waals surface area (Å²) in [6, 6.07) is 9.83. The van der Waals surface area contributed by atoms with E-state index in [2.05, 4.69) is 41.2 Å². The quantitative estimate of drug-likeness (QED) is 0.821.